The number of hydrogen-bond acceptors (Lipinski definition) is 4. The van der Waals surface area contributed by atoms with E-state index in [0.29, 0.717) is 17.9 Å². The molecule has 0 aliphatic carbocycles. The number of benzene rings is 2. The Morgan fingerprint density at radius 2 is 1.93 bits per heavy atom. The standard InChI is InChI=1S/C22H22FN5OS/c1-14-11-19(26-27(14)2)21(29)25-22(30)24-17-7-8-20(18(23)12-17)28-10-9-15-5-3-4-6-16(15)13-28/h3-8,11-12H,9-10,13H2,1-2H3,(H2,24,25,29,30). The third-order valence-corrected chi connectivity index (χ3v) is 5.45. The maximum atomic E-state index is 14.8. The van der Waals surface area contributed by atoms with E-state index in [0.717, 1.165) is 18.7 Å². The molecule has 0 unspecified atom stereocenters. The van der Waals surface area contributed by atoms with Gasteiger partial charge in [-0.3, -0.25) is 14.8 Å². The van der Waals surface area contributed by atoms with E-state index in [1.54, 1.807) is 29.9 Å². The number of nitrogens with one attached hydrogen (secondary N) is 2. The SMILES string of the molecule is Cc1cc(C(=O)NC(=S)Nc2ccc(N3CCc4ccccc4C3)c(F)c2)nn1C. The molecule has 30 heavy (non-hydrogen) atoms. The Morgan fingerprint density at radius 3 is 2.63 bits per heavy atom. The van der Waals surface area contributed by atoms with Crippen LogP contribution < -0.4 is 15.5 Å². The summed E-state index contributed by atoms with van der Waals surface area (Å²) >= 11 is 5.19. The van der Waals surface area contributed by atoms with Crippen molar-refractivity contribution in [1.82, 2.24) is 15.1 Å². The average Bonchev–Trinajstić information content (AvgIpc) is 3.06. The van der Waals surface area contributed by atoms with Crippen molar-refractivity contribution >= 4 is 34.6 Å². The van der Waals surface area contributed by atoms with E-state index < -0.39 is 5.91 Å². The Kier molecular flexibility index (Phi) is 5.50. The zero-order chi connectivity index (χ0) is 21.3. The fourth-order valence-electron chi connectivity index (χ4n) is 3.54. The molecule has 1 amide bonds. The normalized spacial score (nSPS) is 13.0. The van der Waals surface area contributed by atoms with Crippen LogP contribution >= 0.6 is 12.2 Å². The van der Waals surface area contributed by atoms with Crippen LogP contribution in [0, 0.1) is 12.7 Å². The summed E-state index contributed by atoms with van der Waals surface area (Å²) in [6, 6.07) is 14.8. The molecule has 8 heteroatoms. The third-order valence-electron chi connectivity index (χ3n) is 5.25. The summed E-state index contributed by atoms with van der Waals surface area (Å²) in [6.45, 7) is 3.29. The molecule has 4 rings (SSSR count). The summed E-state index contributed by atoms with van der Waals surface area (Å²) in [5.74, 6) is -0.755. The largest absolute Gasteiger partial charge is 0.364 e. The van der Waals surface area contributed by atoms with Gasteiger partial charge in [-0.25, -0.2) is 4.39 Å². The summed E-state index contributed by atoms with van der Waals surface area (Å²) in [4.78, 5) is 14.3. The van der Waals surface area contributed by atoms with Gasteiger partial charge in [0.1, 0.15) is 5.82 Å². The van der Waals surface area contributed by atoms with Crippen LogP contribution in [-0.2, 0) is 20.0 Å². The number of thiocarbonyl (C=S) groups is 1. The van der Waals surface area contributed by atoms with E-state index >= 15 is 0 Å². The van der Waals surface area contributed by atoms with Crippen molar-refractivity contribution in [2.24, 2.45) is 7.05 Å². The Bertz CT molecular complexity index is 1110. The molecular weight excluding hydrogens is 401 g/mol. The number of halogens is 1. The highest BCUT2D eigenvalue weighted by Gasteiger charge is 2.19. The summed E-state index contributed by atoms with van der Waals surface area (Å²) < 4.78 is 16.4. The number of nitrogens with zero attached hydrogens (tertiary/aromatic N) is 3. The van der Waals surface area contributed by atoms with Gasteiger partial charge in [0.15, 0.2) is 10.8 Å². The van der Waals surface area contributed by atoms with Gasteiger partial charge < -0.3 is 10.2 Å². The fraction of sp³-hybridized carbons (Fsp3) is 0.227. The second-order valence-electron chi connectivity index (χ2n) is 7.31. The fourth-order valence-corrected chi connectivity index (χ4v) is 3.75. The number of aromatic nitrogens is 2. The summed E-state index contributed by atoms with van der Waals surface area (Å²) in [5.41, 5.74) is 4.68. The van der Waals surface area contributed by atoms with Gasteiger partial charge in [-0.2, -0.15) is 5.10 Å². The number of carbonyl (C=O) groups excluding carboxylic acids is 1. The molecule has 0 atom stereocenters. The smallest absolute Gasteiger partial charge is 0.277 e. The van der Waals surface area contributed by atoms with Gasteiger partial charge in [0.05, 0.1) is 5.69 Å². The van der Waals surface area contributed by atoms with Crippen LogP contribution in [0.3, 0.4) is 0 Å². The molecule has 0 fully saturated rings. The molecule has 2 heterocycles. The number of hydrogen-bond donors (Lipinski definition) is 2. The van der Waals surface area contributed by atoms with Crippen molar-refractivity contribution in [1.29, 1.82) is 0 Å². The Morgan fingerprint density at radius 1 is 1.17 bits per heavy atom. The van der Waals surface area contributed by atoms with Crippen molar-refractivity contribution in [2.45, 2.75) is 19.9 Å². The first-order valence-electron chi connectivity index (χ1n) is 9.65. The second-order valence-corrected chi connectivity index (χ2v) is 7.72. The van der Waals surface area contributed by atoms with Gasteiger partial charge in [-0.05, 0) is 61.0 Å². The minimum atomic E-state index is -0.416. The Hall–Kier alpha value is -3.26. The van der Waals surface area contributed by atoms with Crippen LogP contribution in [0.4, 0.5) is 15.8 Å². The highest BCUT2D eigenvalue weighted by Crippen LogP contribution is 2.28. The minimum absolute atomic E-state index is 0.0855. The lowest BCUT2D eigenvalue weighted by Gasteiger charge is -2.31. The molecule has 0 spiro atoms. The van der Waals surface area contributed by atoms with Gasteiger partial charge in [-0.1, -0.05) is 24.3 Å². The van der Waals surface area contributed by atoms with Crippen LogP contribution in [0.15, 0.2) is 48.5 Å². The van der Waals surface area contributed by atoms with Crippen molar-refractivity contribution in [2.75, 3.05) is 16.8 Å². The molecule has 3 aromatic rings. The first-order chi connectivity index (χ1) is 14.4. The van der Waals surface area contributed by atoms with E-state index in [4.69, 9.17) is 12.2 Å². The molecule has 154 valence electrons. The molecule has 0 saturated heterocycles. The number of rotatable bonds is 3. The Labute approximate surface area is 179 Å². The predicted molar refractivity (Wildman–Crippen MR) is 119 cm³/mol. The molecule has 0 saturated carbocycles. The topological polar surface area (TPSA) is 62.2 Å². The number of carbonyl (C=O) groups is 1. The first-order valence-corrected chi connectivity index (χ1v) is 10.1. The van der Waals surface area contributed by atoms with Gasteiger partial charge >= 0.3 is 0 Å². The zero-order valence-electron chi connectivity index (χ0n) is 16.8. The molecular formula is C22H22FN5OS. The quantitative estimate of drug-likeness (QED) is 0.631. The van der Waals surface area contributed by atoms with Crippen LogP contribution in [0.2, 0.25) is 0 Å². The van der Waals surface area contributed by atoms with E-state index in [9.17, 15) is 9.18 Å². The molecule has 6 nitrogen and oxygen atoms in total. The summed E-state index contributed by atoms with van der Waals surface area (Å²) in [7, 11) is 1.76. The van der Waals surface area contributed by atoms with Gasteiger partial charge in [-0.15, -0.1) is 0 Å². The number of amides is 1. The molecule has 2 N–H and O–H groups in total. The minimum Gasteiger partial charge on any atom is -0.364 e. The molecule has 1 aromatic heterocycles. The molecule has 0 radical (unpaired) electrons. The monoisotopic (exact) mass is 423 g/mol. The maximum Gasteiger partial charge on any atom is 0.277 e. The first kappa shape index (κ1) is 20.0. The van der Waals surface area contributed by atoms with Crippen molar-refractivity contribution < 1.29 is 9.18 Å². The van der Waals surface area contributed by atoms with Crippen molar-refractivity contribution in [3.63, 3.8) is 0 Å². The lowest BCUT2D eigenvalue weighted by atomic mass is 9.99. The van der Waals surface area contributed by atoms with Crippen LogP contribution in [0.25, 0.3) is 0 Å². The molecule has 2 aromatic carbocycles. The average molecular weight is 424 g/mol. The maximum absolute atomic E-state index is 14.8. The zero-order valence-corrected chi connectivity index (χ0v) is 17.6. The van der Waals surface area contributed by atoms with Crippen LogP contribution in [-0.4, -0.2) is 27.3 Å². The number of fused-ring (bicyclic) bond motifs is 1. The van der Waals surface area contributed by atoms with Gasteiger partial charge in [0.25, 0.3) is 5.91 Å². The lowest BCUT2D eigenvalue weighted by Crippen LogP contribution is -2.34. The highest BCUT2D eigenvalue weighted by atomic mass is 32.1. The summed E-state index contributed by atoms with van der Waals surface area (Å²) in [5, 5.41) is 9.62. The van der Waals surface area contributed by atoms with Gasteiger partial charge in [0, 0.05) is 31.5 Å². The van der Waals surface area contributed by atoms with Crippen molar-refractivity contribution in [3.05, 3.63) is 76.9 Å². The van der Waals surface area contributed by atoms with Crippen molar-refractivity contribution in [3.8, 4) is 0 Å². The predicted octanol–water partition coefficient (Wildman–Crippen LogP) is 3.56. The van der Waals surface area contributed by atoms with E-state index in [1.165, 1.54) is 17.2 Å². The molecule has 1 aliphatic rings. The second kappa shape index (κ2) is 8.23. The van der Waals surface area contributed by atoms with Gasteiger partial charge in [0.2, 0.25) is 0 Å². The van der Waals surface area contributed by atoms with E-state index in [2.05, 4.69) is 27.9 Å². The molecule has 0 bridgehead atoms. The number of aryl methyl sites for hydroxylation is 2. The number of anilines is 2. The van der Waals surface area contributed by atoms with E-state index in [1.807, 2.05) is 24.0 Å². The lowest BCUT2D eigenvalue weighted by molar-refractivity contribution is 0.0972. The molecule has 1 aliphatic heterocycles. The van der Waals surface area contributed by atoms with E-state index in [-0.39, 0.29) is 16.6 Å². The summed E-state index contributed by atoms with van der Waals surface area (Å²) in [6.07, 6.45) is 0.888. The van der Waals surface area contributed by atoms with Crippen LogP contribution in [0.5, 0.6) is 0 Å². The highest BCUT2D eigenvalue weighted by molar-refractivity contribution is 7.80. The van der Waals surface area contributed by atoms with Crippen LogP contribution in [0.1, 0.15) is 27.3 Å². The Balaban J connectivity index is 1.41. The third kappa shape index (κ3) is 4.18.